The van der Waals surface area contributed by atoms with E-state index in [2.05, 4.69) is 15.6 Å². The zero-order valence-electron chi connectivity index (χ0n) is 12.6. The van der Waals surface area contributed by atoms with Crippen LogP contribution in [0.5, 0.6) is 0 Å². The third-order valence-electron chi connectivity index (χ3n) is 3.44. The molecule has 3 rings (SSSR count). The van der Waals surface area contributed by atoms with Crippen molar-refractivity contribution in [1.29, 1.82) is 0 Å². The number of nitrogens with one attached hydrogen (secondary N) is 1. The van der Waals surface area contributed by atoms with Crippen LogP contribution in [0.25, 0.3) is 5.69 Å². The number of rotatable bonds is 3. The van der Waals surface area contributed by atoms with Gasteiger partial charge in [-0.2, -0.15) is 4.68 Å². The average molecular weight is 362 g/mol. The Morgan fingerprint density at radius 2 is 1.96 bits per heavy atom. The molecule has 8 heteroatoms. The summed E-state index contributed by atoms with van der Waals surface area (Å²) in [6, 6.07) is 12.3. The number of aryl methyl sites for hydroxylation is 1. The van der Waals surface area contributed by atoms with Crippen LogP contribution < -0.4 is 11.1 Å². The number of halogens is 2. The quantitative estimate of drug-likeness (QED) is 0.744. The molecule has 0 atom stereocenters. The molecule has 1 heterocycles. The van der Waals surface area contributed by atoms with E-state index in [4.69, 9.17) is 28.9 Å². The maximum atomic E-state index is 12.4. The number of nitrogen functional groups attached to an aromatic ring is 1. The highest BCUT2D eigenvalue weighted by Gasteiger charge is 2.20. The molecule has 1 amide bonds. The first-order chi connectivity index (χ1) is 11.5. The van der Waals surface area contributed by atoms with Crippen LogP contribution in [-0.4, -0.2) is 20.9 Å². The van der Waals surface area contributed by atoms with Crippen LogP contribution in [-0.2, 0) is 0 Å². The Bertz CT molecular complexity index is 923. The standard InChI is InChI=1S/C16H13Cl2N5O/c1-9-4-2-3-5-13(9)23-15(19)14(21-22-23)16(24)20-12-7-6-10(17)8-11(12)18/h2-8H,19H2,1H3,(H,20,24). The smallest absolute Gasteiger partial charge is 0.280 e. The normalized spacial score (nSPS) is 10.6. The van der Waals surface area contributed by atoms with Crippen molar-refractivity contribution in [1.82, 2.24) is 15.0 Å². The number of carbonyl (C=O) groups excluding carboxylic acids is 1. The number of hydrogen-bond acceptors (Lipinski definition) is 4. The Labute approximate surface area is 148 Å². The second-order valence-electron chi connectivity index (χ2n) is 5.10. The molecule has 0 saturated carbocycles. The van der Waals surface area contributed by atoms with Crippen molar-refractivity contribution in [2.75, 3.05) is 11.1 Å². The summed E-state index contributed by atoms with van der Waals surface area (Å²) in [5, 5.41) is 11.3. The van der Waals surface area contributed by atoms with Gasteiger partial charge in [0.2, 0.25) is 0 Å². The van der Waals surface area contributed by atoms with Crippen LogP contribution in [0, 0.1) is 6.92 Å². The summed E-state index contributed by atoms with van der Waals surface area (Å²) in [7, 11) is 0. The van der Waals surface area contributed by atoms with Gasteiger partial charge < -0.3 is 11.1 Å². The topological polar surface area (TPSA) is 85.8 Å². The molecular weight excluding hydrogens is 349 g/mol. The van der Waals surface area contributed by atoms with Crippen LogP contribution in [0.2, 0.25) is 10.0 Å². The molecule has 6 nitrogen and oxygen atoms in total. The second-order valence-corrected chi connectivity index (χ2v) is 5.94. The molecule has 3 N–H and O–H groups in total. The molecule has 0 fully saturated rings. The molecule has 0 aliphatic carbocycles. The van der Waals surface area contributed by atoms with Gasteiger partial charge in [-0.1, -0.05) is 46.6 Å². The van der Waals surface area contributed by atoms with E-state index in [9.17, 15) is 4.79 Å². The van der Waals surface area contributed by atoms with E-state index in [1.165, 1.54) is 10.7 Å². The Hall–Kier alpha value is -2.57. The predicted molar refractivity (Wildman–Crippen MR) is 94.9 cm³/mol. The molecule has 0 unspecified atom stereocenters. The third kappa shape index (κ3) is 3.06. The first-order valence-corrected chi connectivity index (χ1v) is 7.76. The van der Waals surface area contributed by atoms with Crippen molar-refractivity contribution in [2.24, 2.45) is 0 Å². The van der Waals surface area contributed by atoms with Crippen molar-refractivity contribution in [3.8, 4) is 5.69 Å². The van der Waals surface area contributed by atoms with E-state index in [-0.39, 0.29) is 11.5 Å². The lowest BCUT2D eigenvalue weighted by atomic mass is 10.2. The van der Waals surface area contributed by atoms with E-state index < -0.39 is 5.91 Å². The van der Waals surface area contributed by atoms with Gasteiger partial charge in [0.1, 0.15) is 0 Å². The fourth-order valence-corrected chi connectivity index (χ4v) is 2.66. The first kappa shape index (κ1) is 16.3. The summed E-state index contributed by atoms with van der Waals surface area (Å²) in [5.74, 6) is -0.358. The molecule has 0 saturated heterocycles. The average Bonchev–Trinajstić information content (AvgIpc) is 2.92. The summed E-state index contributed by atoms with van der Waals surface area (Å²) in [6.07, 6.45) is 0. The lowest BCUT2D eigenvalue weighted by molar-refractivity contribution is 0.102. The van der Waals surface area contributed by atoms with Gasteiger partial charge in [-0.05, 0) is 36.8 Å². The van der Waals surface area contributed by atoms with E-state index in [0.29, 0.717) is 15.7 Å². The summed E-state index contributed by atoms with van der Waals surface area (Å²) < 4.78 is 1.42. The van der Waals surface area contributed by atoms with Crippen LogP contribution in [0.4, 0.5) is 11.5 Å². The number of para-hydroxylation sites is 1. The van der Waals surface area contributed by atoms with Gasteiger partial charge in [-0.15, -0.1) is 5.10 Å². The molecule has 0 aliphatic rings. The molecule has 0 aliphatic heterocycles. The van der Waals surface area contributed by atoms with Crippen molar-refractivity contribution < 1.29 is 4.79 Å². The Morgan fingerprint density at radius 3 is 2.67 bits per heavy atom. The number of carbonyl (C=O) groups is 1. The number of hydrogen-bond donors (Lipinski definition) is 2. The van der Waals surface area contributed by atoms with Gasteiger partial charge in [0, 0.05) is 5.02 Å². The minimum Gasteiger partial charge on any atom is -0.382 e. The molecule has 122 valence electrons. The van der Waals surface area contributed by atoms with Crippen LogP contribution in [0.3, 0.4) is 0 Å². The highest BCUT2D eigenvalue weighted by atomic mass is 35.5. The Kier molecular flexibility index (Phi) is 4.42. The summed E-state index contributed by atoms with van der Waals surface area (Å²) in [5.41, 5.74) is 8.19. The first-order valence-electron chi connectivity index (χ1n) is 7.01. The molecule has 3 aromatic rings. The summed E-state index contributed by atoms with van der Waals surface area (Å²) in [6.45, 7) is 1.92. The lowest BCUT2D eigenvalue weighted by Crippen LogP contribution is -2.15. The fourth-order valence-electron chi connectivity index (χ4n) is 2.20. The monoisotopic (exact) mass is 361 g/mol. The number of aromatic nitrogens is 3. The number of nitrogens with two attached hydrogens (primary N) is 1. The van der Waals surface area contributed by atoms with Crippen molar-refractivity contribution >= 4 is 40.6 Å². The molecule has 24 heavy (non-hydrogen) atoms. The van der Waals surface area contributed by atoms with Crippen LogP contribution >= 0.6 is 23.2 Å². The van der Waals surface area contributed by atoms with Crippen molar-refractivity contribution in [3.05, 3.63) is 63.8 Å². The largest absolute Gasteiger partial charge is 0.382 e. The Balaban J connectivity index is 1.91. The SMILES string of the molecule is Cc1ccccc1-n1nnc(C(=O)Nc2ccc(Cl)cc2Cl)c1N. The van der Waals surface area contributed by atoms with Crippen molar-refractivity contribution in [2.45, 2.75) is 6.92 Å². The summed E-state index contributed by atoms with van der Waals surface area (Å²) >= 11 is 11.9. The van der Waals surface area contributed by atoms with Gasteiger partial charge >= 0.3 is 0 Å². The highest BCUT2D eigenvalue weighted by molar-refractivity contribution is 6.36. The molecular formula is C16H13Cl2N5O. The molecule has 2 aromatic carbocycles. The second kappa shape index (κ2) is 6.51. The molecule has 0 bridgehead atoms. The van der Waals surface area contributed by atoms with Crippen LogP contribution in [0.15, 0.2) is 42.5 Å². The van der Waals surface area contributed by atoms with Gasteiger partial charge in [-0.25, -0.2) is 0 Å². The summed E-state index contributed by atoms with van der Waals surface area (Å²) in [4.78, 5) is 12.4. The van der Waals surface area contributed by atoms with Gasteiger partial charge in [-0.3, -0.25) is 4.79 Å². The van der Waals surface area contributed by atoms with Gasteiger partial charge in [0.25, 0.3) is 5.91 Å². The predicted octanol–water partition coefficient (Wildman–Crippen LogP) is 3.72. The van der Waals surface area contributed by atoms with E-state index in [1.807, 2.05) is 31.2 Å². The van der Waals surface area contributed by atoms with Crippen LogP contribution in [0.1, 0.15) is 16.1 Å². The molecule has 0 spiro atoms. The zero-order valence-corrected chi connectivity index (χ0v) is 14.1. The molecule has 1 aromatic heterocycles. The van der Waals surface area contributed by atoms with Gasteiger partial charge in [0.05, 0.1) is 16.4 Å². The fraction of sp³-hybridized carbons (Fsp3) is 0.0625. The number of benzene rings is 2. The van der Waals surface area contributed by atoms with E-state index >= 15 is 0 Å². The minimum absolute atomic E-state index is 0.0178. The Morgan fingerprint density at radius 1 is 1.21 bits per heavy atom. The zero-order chi connectivity index (χ0) is 17.3. The maximum Gasteiger partial charge on any atom is 0.280 e. The number of amides is 1. The highest BCUT2D eigenvalue weighted by Crippen LogP contribution is 2.26. The van der Waals surface area contributed by atoms with E-state index in [1.54, 1.807) is 12.1 Å². The third-order valence-corrected chi connectivity index (χ3v) is 3.99. The lowest BCUT2D eigenvalue weighted by Gasteiger charge is -2.08. The minimum atomic E-state index is -0.503. The van der Waals surface area contributed by atoms with Gasteiger partial charge in [0.15, 0.2) is 11.5 Å². The number of nitrogens with zero attached hydrogens (tertiary/aromatic N) is 3. The molecule has 0 radical (unpaired) electrons. The van der Waals surface area contributed by atoms with Crippen molar-refractivity contribution in [3.63, 3.8) is 0 Å². The number of anilines is 2. The van der Waals surface area contributed by atoms with E-state index in [0.717, 1.165) is 11.3 Å². The maximum absolute atomic E-state index is 12.4.